The molecule has 0 aliphatic rings. The lowest BCUT2D eigenvalue weighted by Crippen LogP contribution is -2.23. The van der Waals surface area contributed by atoms with Gasteiger partial charge in [0.05, 0.1) is 12.2 Å². The zero-order valence-electron chi connectivity index (χ0n) is 13.6. The summed E-state index contributed by atoms with van der Waals surface area (Å²) in [6.45, 7) is 2.99. The molecule has 0 aromatic heterocycles. The molecule has 2 rings (SSSR count). The monoisotopic (exact) mass is 327 g/mol. The van der Waals surface area contributed by atoms with Gasteiger partial charge in [0.2, 0.25) is 5.91 Å². The first-order valence-corrected chi connectivity index (χ1v) is 7.89. The Kier molecular flexibility index (Phi) is 6.37. The summed E-state index contributed by atoms with van der Waals surface area (Å²) in [5, 5.41) is 11.7. The van der Waals surface area contributed by atoms with Gasteiger partial charge in [0.25, 0.3) is 0 Å². The van der Waals surface area contributed by atoms with Crippen LogP contribution in [-0.2, 0) is 17.8 Å². The number of nitrogens with one attached hydrogen (secondary N) is 1. The van der Waals surface area contributed by atoms with Crippen molar-refractivity contribution in [1.82, 2.24) is 5.32 Å². The fraction of sp³-hybridized carbons (Fsp3) is 0.263. The summed E-state index contributed by atoms with van der Waals surface area (Å²) in [5.41, 5.74) is 2.17. The van der Waals surface area contributed by atoms with Crippen LogP contribution in [0.25, 0.3) is 0 Å². The van der Waals surface area contributed by atoms with Crippen LogP contribution in [0.3, 0.4) is 0 Å². The van der Waals surface area contributed by atoms with Crippen molar-refractivity contribution in [3.63, 3.8) is 0 Å². The number of carbonyl (C=O) groups is 2. The molecule has 0 radical (unpaired) electrons. The fourth-order valence-electron chi connectivity index (χ4n) is 2.27. The van der Waals surface area contributed by atoms with Crippen LogP contribution in [0.5, 0.6) is 5.75 Å². The number of carboxylic acid groups (broad SMARTS) is 1. The number of carbonyl (C=O) groups excluding carboxylic acids is 1. The molecule has 2 aromatic rings. The van der Waals surface area contributed by atoms with Crippen molar-refractivity contribution in [3.8, 4) is 5.75 Å². The zero-order valence-corrected chi connectivity index (χ0v) is 13.6. The van der Waals surface area contributed by atoms with Crippen molar-refractivity contribution in [2.45, 2.75) is 26.3 Å². The van der Waals surface area contributed by atoms with Gasteiger partial charge in [-0.25, -0.2) is 4.79 Å². The Morgan fingerprint density at radius 3 is 2.50 bits per heavy atom. The first kappa shape index (κ1) is 17.5. The van der Waals surface area contributed by atoms with E-state index in [2.05, 4.69) is 5.32 Å². The zero-order chi connectivity index (χ0) is 17.4. The van der Waals surface area contributed by atoms with Gasteiger partial charge in [-0.05, 0) is 48.7 Å². The Labute approximate surface area is 141 Å². The topological polar surface area (TPSA) is 75.6 Å². The molecule has 0 aliphatic carbocycles. The van der Waals surface area contributed by atoms with Crippen LogP contribution >= 0.6 is 0 Å². The molecule has 0 fully saturated rings. The van der Waals surface area contributed by atoms with Crippen LogP contribution in [0, 0.1) is 0 Å². The molecular formula is C19H21NO4. The highest BCUT2D eigenvalue weighted by atomic mass is 16.5. The molecule has 24 heavy (non-hydrogen) atoms. The Hall–Kier alpha value is -2.82. The second-order valence-electron chi connectivity index (χ2n) is 5.36. The van der Waals surface area contributed by atoms with E-state index in [1.807, 2.05) is 31.2 Å². The van der Waals surface area contributed by atoms with Crippen LogP contribution in [0.4, 0.5) is 0 Å². The third-order valence-electron chi connectivity index (χ3n) is 3.54. The Bertz CT molecular complexity index is 695. The lowest BCUT2D eigenvalue weighted by molar-refractivity contribution is -0.121. The Morgan fingerprint density at radius 1 is 1.08 bits per heavy atom. The first-order chi connectivity index (χ1) is 11.6. The van der Waals surface area contributed by atoms with E-state index in [1.54, 1.807) is 24.3 Å². The van der Waals surface area contributed by atoms with E-state index < -0.39 is 5.97 Å². The average molecular weight is 327 g/mol. The van der Waals surface area contributed by atoms with Crippen LogP contribution in [0.1, 0.15) is 34.8 Å². The maximum Gasteiger partial charge on any atom is 0.335 e. The fourth-order valence-corrected chi connectivity index (χ4v) is 2.27. The molecule has 126 valence electrons. The van der Waals surface area contributed by atoms with Crippen molar-refractivity contribution < 1.29 is 19.4 Å². The summed E-state index contributed by atoms with van der Waals surface area (Å²) in [6.07, 6.45) is 0.933. The summed E-state index contributed by atoms with van der Waals surface area (Å²) in [6, 6.07) is 14.2. The summed E-state index contributed by atoms with van der Waals surface area (Å²) in [4.78, 5) is 22.7. The molecule has 5 nitrogen and oxygen atoms in total. The molecular weight excluding hydrogens is 306 g/mol. The highest BCUT2D eigenvalue weighted by molar-refractivity contribution is 5.87. The lowest BCUT2D eigenvalue weighted by atomic mass is 10.1. The highest BCUT2D eigenvalue weighted by Gasteiger charge is 2.05. The third kappa shape index (κ3) is 5.43. The largest absolute Gasteiger partial charge is 0.494 e. The van der Waals surface area contributed by atoms with E-state index >= 15 is 0 Å². The summed E-state index contributed by atoms with van der Waals surface area (Å²) in [7, 11) is 0. The van der Waals surface area contributed by atoms with Gasteiger partial charge in [-0.1, -0.05) is 24.3 Å². The van der Waals surface area contributed by atoms with Gasteiger partial charge in [-0.15, -0.1) is 0 Å². The van der Waals surface area contributed by atoms with Crippen molar-refractivity contribution in [2.24, 2.45) is 0 Å². The third-order valence-corrected chi connectivity index (χ3v) is 3.54. The molecule has 0 saturated carbocycles. The average Bonchev–Trinajstić information content (AvgIpc) is 2.59. The predicted octanol–water partition coefficient (Wildman–Crippen LogP) is 3.03. The molecule has 0 unspecified atom stereocenters. The van der Waals surface area contributed by atoms with Gasteiger partial charge >= 0.3 is 5.97 Å². The Balaban J connectivity index is 1.79. The van der Waals surface area contributed by atoms with Crippen LogP contribution in [0.15, 0.2) is 48.5 Å². The second-order valence-corrected chi connectivity index (χ2v) is 5.36. The smallest absolute Gasteiger partial charge is 0.335 e. The van der Waals surface area contributed by atoms with E-state index in [9.17, 15) is 9.59 Å². The van der Waals surface area contributed by atoms with E-state index in [4.69, 9.17) is 9.84 Å². The molecule has 0 atom stereocenters. The van der Waals surface area contributed by atoms with Gasteiger partial charge in [0.15, 0.2) is 0 Å². The van der Waals surface area contributed by atoms with Crippen molar-refractivity contribution in [3.05, 3.63) is 65.2 Å². The van der Waals surface area contributed by atoms with Crippen molar-refractivity contribution >= 4 is 11.9 Å². The Morgan fingerprint density at radius 2 is 1.83 bits per heavy atom. The number of carboxylic acids is 1. The van der Waals surface area contributed by atoms with Gasteiger partial charge in [0, 0.05) is 13.0 Å². The number of aromatic carboxylic acids is 1. The van der Waals surface area contributed by atoms with Crippen LogP contribution in [0.2, 0.25) is 0 Å². The van der Waals surface area contributed by atoms with E-state index in [-0.39, 0.29) is 11.5 Å². The van der Waals surface area contributed by atoms with Crippen molar-refractivity contribution in [2.75, 3.05) is 6.61 Å². The molecule has 5 heteroatoms. The first-order valence-electron chi connectivity index (χ1n) is 7.89. The van der Waals surface area contributed by atoms with E-state index in [0.717, 1.165) is 16.9 Å². The summed E-state index contributed by atoms with van der Waals surface area (Å²) in [5.74, 6) is -0.199. The maximum absolute atomic E-state index is 11.9. The predicted molar refractivity (Wildman–Crippen MR) is 91.2 cm³/mol. The molecule has 0 saturated heterocycles. The minimum Gasteiger partial charge on any atom is -0.494 e. The maximum atomic E-state index is 11.9. The summed E-state index contributed by atoms with van der Waals surface area (Å²) < 4.78 is 5.43. The number of ether oxygens (including phenoxy) is 1. The minimum atomic E-state index is -0.950. The second kappa shape index (κ2) is 8.72. The number of benzene rings is 2. The number of aryl methyl sites for hydroxylation is 1. The van der Waals surface area contributed by atoms with Gasteiger partial charge < -0.3 is 15.2 Å². The molecule has 0 spiro atoms. The normalized spacial score (nSPS) is 10.2. The number of hydrogen-bond donors (Lipinski definition) is 2. The molecule has 1 amide bonds. The van der Waals surface area contributed by atoms with Crippen LogP contribution in [-0.4, -0.2) is 23.6 Å². The number of amides is 1. The van der Waals surface area contributed by atoms with Crippen molar-refractivity contribution in [1.29, 1.82) is 0 Å². The van der Waals surface area contributed by atoms with Crippen LogP contribution < -0.4 is 10.1 Å². The molecule has 0 bridgehead atoms. The molecule has 0 aliphatic heterocycles. The minimum absolute atomic E-state index is 0.0425. The summed E-state index contributed by atoms with van der Waals surface area (Å²) >= 11 is 0. The van der Waals surface area contributed by atoms with Gasteiger partial charge in [-0.2, -0.15) is 0 Å². The van der Waals surface area contributed by atoms with E-state index in [1.165, 1.54) is 0 Å². The van der Waals surface area contributed by atoms with Gasteiger partial charge in [0.1, 0.15) is 5.75 Å². The van der Waals surface area contributed by atoms with E-state index in [0.29, 0.717) is 26.0 Å². The standard InChI is InChI=1S/C19H21NO4/c1-2-24-17-5-3-4-15(12-17)13-20-18(21)11-8-14-6-9-16(10-7-14)19(22)23/h3-7,9-10,12H,2,8,11,13H2,1H3,(H,20,21)(H,22,23). The number of hydrogen-bond acceptors (Lipinski definition) is 3. The highest BCUT2D eigenvalue weighted by Crippen LogP contribution is 2.13. The molecule has 2 N–H and O–H groups in total. The quantitative estimate of drug-likeness (QED) is 0.781. The molecule has 0 heterocycles. The molecule has 2 aromatic carbocycles. The lowest BCUT2D eigenvalue weighted by Gasteiger charge is -2.08. The van der Waals surface area contributed by atoms with Gasteiger partial charge in [-0.3, -0.25) is 4.79 Å². The SMILES string of the molecule is CCOc1cccc(CNC(=O)CCc2ccc(C(=O)O)cc2)c1. The number of rotatable bonds is 8.